The van der Waals surface area contributed by atoms with Crippen LogP contribution in [0.4, 0.5) is 5.13 Å². The number of amides is 3. The number of aldehydes is 1. The average molecular weight is 608 g/mol. The van der Waals surface area contributed by atoms with Gasteiger partial charge in [0.25, 0.3) is 5.91 Å². The Bertz CT molecular complexity index is 1480. The number of nitrogens with one attached hydrogen (secondary N) is 2. The van der Waals surface area contributed by atoms with Crippen LogP contribution in [-0.2, 0) is 33.5 Å². The van der Waals surface area contributed by atoms with E-state index < -0.39 is 40.7 Å². The van der Waals surface area contributed by atoms with Gasteiger partial charge in [-0.15, -0.1) is 23.1 Å². The van der Waals surface area contributed by atoms with Crippen LogP contribution in [0.15, 0.2) is 71.2 Å². The number of thiazole rings is 1. The summed E-state index contributed by atoms with van der Waals surface area (Å²) in [4.78, 5) is 73.1. The molecule has 0 radical (unpaired) electrons. The second-order valence-corrected chi connectivity index (χ2v) is 11.4. The summed E-state index contributed by atoms with van der Waals surface area (Å²) in [6.07, 6.45) is 0.252. The van der Waals surface area contributed by atoms with Crippen LogP contribution in [0.3, 0.4) is 0 Å². The first-order valence-corrected chi connectivity index (χ1v) is 14.6. The van der Waals surface area contributed by atoms with Crippen molar-refractivity contribution in [1.29, 1.82) is 0 Å². The van der Waals surface area contributed by atoms with Crippen molar-refractivity contribution in [3.63, 3.8) is 0 Å². The average Bonchev–Trinajstić information content (AvgIpc) is 3.49. The molecule has 2 aromatic carbocycles. The number of esters is 1. The Balaban J connectivity index is 1.28. The van der Waals surface area contributed by atoms with E-state index in [9.17, 15) is 24.0 Å². The fourth-order valence-electron chi connectivity index (χ4n) is 4.65. The third-order valence-corrected chi connectivity index (χ3v) is 9.10. The summed E-state index contributed by atoms with van der Waals surface area (Å²) in [5, 5.41) is 10.0. The fraction of sp³-hybridized carbons (Fsp3) is 0.250. The molecule has 3 aromatic rings. The molecule has 5 rings (SSSR count). The molecule has 42 heavy (non-hydrogen) atoms. The lowest BCUT2D eigenvalue weighted by molar-refractivity contribution is -0.166. The Labute approximate surface area is 248 Å². The van der Waals surface area contributed by atoms with Gasteiger partial charge in [0.05, 0.1) is 0 Å². The minimum Gasteiger partial charge on any atom is -0.452 e. The minimum atomic E-state index is -1.58. The zero-order chi connectivity index (χ0) is 29.7. The molecule has 2 aliphatic rings. The number of oxime groups is 1. The van der Waals surface area contributed by atoms with E-state index in [0.29, 0.717) is 12.7 Å². The van der Waals surface area contributed by atoms with Crippen LogP contribution in [0.1, 0.15) is 22.9 Å². The monoisotopic (exact) mass is 607 g/mol. The number of aromatic nitrogens is 1. The smallest absolute Gasteiger partial charge is 0.322 e. The predicted octanol–water partition coefficient (Wildman–Crippen LogP) is 1.98. The first kappa shape index (κ1) is 29.0. The lowest BCUT2D eigenvalue weighted by Gasteiger charge is -2.52. The van der Waals surface area contributed by atoms with Crippen LogP contribution in [0.5, 0.6) is 0 Å². The van der Waals surface area contributed by atoms with E-state index in [4.69, 9.17) is 9.57 Å². The quantitative estimate of drug-likeness (QED) is 0.0831. The maximum absolute atomic E-state index is 13.6. The number of hydrogen-bond donors (Lipinski definition) is 2. The number of carbonyl (C=O) groups is 5. The van der Waals surface area contributed by atoms with Gasteiger partial charge in [-0.2, -0.15) is 0 Å². The molecule has 2 saturated heterocycles. The first-order valence-electron chi connectivity index (χ1n) is 12.7. The third-order valence-electron chi connectivity index (χ3n) is 6.78. The molecule has 2 aliphatic heterocycles. The van der Waals surface area contributed by atoms with E-state index >= 15 is 0 Å². The highest BCUT2D eigenvalue weighted by Gasteiger charge is 2.58. The van der Waals surface area contributed by atoms with Crippen molar-refractivity contribution in [2.75, 3.05) is 24.7 Å². The molecule has 0 bridgehead atoms. The van der Waals surface area contributed by atoms with Gasteiger partial charge in [-0.25, -0.2) is 4.98 Å². The zero-order valence-electron chi connectivity index (χ0n) is 22.2. The molecule has 2 unspecified atom stereocenters. The predicted molar refractivity (Wildman–Crippen MR) is 155 cm³/mol. The second kappa shape index (κ2) is 12.5. The fourth-order valence-corrected chi connectivity index (χ4v) is 6.79. The molecule has 1 aromatic heterocycles. The van der Waals surface area contributed by atoms with Crippen LogP contribution in [0.25, 0.3) is 0 Å². The van der Waals surface area contributed by atoms with Gasteiger partial charge < -0.3 is 29.9 Å². The van der Waals surface area contributed by atoms with Gasteiger partial charge in [-0.3, -0.25) is 19.2 Å². The third kappa shape index (κ3) is 5.63. The van der Waals surface area contributed by atoms with Crippen LogP contribution >= 0.6 is 23.1 Å². The highest BCUT2D eigenvalue weighted by molar-refractivity contribution is 8.00. The van der Waals surface area contributed by atoms with E-state index in [2.05, 4.69) is 20.8 Å². The van der Waals surface area contributed by atoms with Gasteiger partial charge >= 0.3 is 5.97 Å². The van der Waals surface area contributed by atoms with Crippen molar-refractivity contribution in [3.8, 4) is 0 Å². The summed E-state index contributed by atoms with van der Waals surface area (Å²) in [6.45, 7) is -0.180. The van der Waals surface area contributed by atoms with Crippen molar-refractivity contribution in [2.24, 2.45) is 10.6 Å². The summed E-state index contributed by atoms with van der Waals surface area (Å²) in [6, 6.07) is 17.5. The Kier molecular flexibility index (Phi) is 8.64. The lowest BCUT2D eigenvalue weighted by Crippen LogP contribution is -2.74. The molecule has 0 saturated carbocycles. The maximum Gasteiger partial charge on any atom is 0.322 e. The van der Waals surface area contributed by atoms with Gasteiger partial charge in [-0.05, 0) is 11.1 Å². The normalized spacial score (nSPS) is 21.5. The van der Waals surface area contributed by atoms with Crippen LogP contribution in [0, 0.1) is 5.41 Å². The number of rotatable bonds is 11. The molecule has 3 atom stereocenters. The number of nitrogens with zero attached hydrogens (tertiary/aromatic N) is 3. The number of β-lactam (4-membered cyclic amide) rings is 1. The van der Waals surface area contributed by atoms with Crippen LogP contribution in [0.2, 0.25) is 0 Å². The van der Waals surface area contributed by atoms with E-state index in [1.165, 1.54) is 29.2 Å². The number of thioether (sulfide) groups is 1. The SMILES string of the molecule is CON=C(C(=O)NC1C(=O)N2CC(C=O)(C(=O)OC(c3ccccc3)c3ccccc3)CS[C@H]12)c1csc(NC=O)n1. The molecule has 3 heterocycles. The van der Waals surface area contributed by atoms with Crippen LogP contribution < -0.4 is 10.6 Å². The van der Waals surface area contributed by atoms with Gasteiger partial charge in [-0.1, -0.05) is 65.8 Å². The molecular weight excluding hydrogens is 582 g/mol. The van der Waals surface area contributed by atoms with Gasteiger partial charge in [0.1, 0.15) is 35.9 Å². The molecule has 2 fully saturated rings. The van der Waals surface area contributed by atoms with Crippen LogP contribution in [-0.4, -0.2) is 76.9 Å². The Hall–Kier alpha value is -4.56. The molecule has 3 amide bonds. The number of hydrogen-bond acceptors (Lipinski definition) is 11. The summed E-state index contributed by atoms with van der Waals surface area (Å²) < 4.78 is 5.96. The van der Waals surface area contributed by atoms with Gasteiger partial charge in [0.15, 0.2) is 16.9 Å². The Morgan fingerprint density at radius 2 is 1.79 bits per heavy atom. The Morgan fingerprint density at radius 1 is 1.12 bits per heavy atom. The van der Waals surface area contributed by atoms with E-state index in [0.717, 1.165) is 22.5 Å². The summed E-state index contributed by atoms with van der Waals surface area (Å²) in [5.41, 5.74) is -0.134. The molecule has 12 nitrogen and oxygen atoms in total. The maximum atomic E-state index is 13.6. The molecule has 0 spiro atoms. The highest BCUT2D eigenvalue weighted by Crippen LogP contribution is 2.43. The Morgan fingerprint density at radius 3 is 2.38 bits per heavy atom. The van der Waals surface area contributed by atoms with E-state index in [-0.39, 0.29) is 28.8 Å². The van der Waals surface area contributed by atoms with Crippen molar-refractivity contribution < 1.29 is 33.5 Å². The summed E-state index contributed by atoms with van der Waals surface area (Å²) in [5.74, 6) is -1.85. The molecule has 14 heteroatoms. The minimum absolute atomic E-state index is 0.0538. The number of fused-ring (bicyclic) bond motifs is 1. The van der Waals surface area contributed by atoms with E-state index in [1.54, 1.807) is 0 Å². The highest BCUT2D eigenvalue weighted by atomic mass is 32.2. The van der Waals surface area contributed by atoms with Crippen molar-refractivity contribution in [1.82, 2.24) is 15.2 Å². The van der Waals surface area contributed by atoms with Gasteiger partial charge in [0.2, 0.25) is 12.3 Å². The van der Waals surface area contributed by atoms with Crippen molar-refractivity contribution >= 4 is 64.4 Å². The molecule has 2 N–H and O–H groups in total. The van der Waals surface area contributed by atoms with Crippen molar-refractivity contribution in [2.45, 2.75) is 17.5 Å². The number of benzene rings is 2. The summed E-state index contributed by atoms with van der Waals surface area (Å²) >= 11 is 2.28. The summed E-state index contributed by atoms with van der Waals surface area (Å²) in [7, 11) is 1.26. The number of ether oxygens (including phenoxy) is 1. The topological polar surface area (TPSA) is 156 Å². The largest absolute Gasteiger partial charge is 0.452 e. The first-order chi connectivity index (χ1) is 20.4. The zero-order valence-corrected chi connectivity index (χ0v) is 23.8. The van der Waals surface area contributed by atoms with Crippen molar-refractivity contribution in [3.05, 3.63) is 82.9 Å². The lowest BCUT2D eigenvalue weighted by atomic mass is 9.88. The molecule has 0 aliphatic carbocycles. The number of carbonyl (C=O) groups excluding carboxylic acids is 5. The second-order valence-electron chi connectivity index (χ2n) is 9.42. The standard InChI is InChI=1S/C28H25N5O7S2/c1-39-32-20(19-12-41-27(30-19)29-16-35)23(36)31-21-24(37)33-13-28(14-34,15-42-25(21)33)26(38)40-22(17-8-4-2-5-9-17)18-10-6-3-7-11-18/h2-12,14,16,21-22,25H,13,15H2,1H3,(H,31,36)(H,29,30,35)/t21?,25-,28?/m1/s1. The molecular formula is C28H25N5O7S2. The number of anilines is 1. The van der Waals surface area contributed by atoms with E-state index in [1.807, 2.05) is 60.7 Å². The molecule has 216 valence electrons. The van der Waals surface area contributed by atoms with Gasteiger partial charge in [0, 0.05) is 17.7 Å².